The van der Waals surface area contributed by atoms with Gasteiger partial charge in [-0.25, -0.2) is 4.39 Å². The molecule has 0 radical (unpaired) electrons. The number of halogens is 1. The molecule has 2 nitrogen and oxygen atoms in total. The van der Waals surface area contributed by atoms with Crippen LogP contribution in [0.15, 0.2) is 12.2 Å². The van der Waals surface area contributed by atoms with Gasteiger partial charge in [0.2, 0.25) is 0 Å². The molecule has 0 unspecified atom stereocenters. The third kappa shape index (κ3) is 3.58. The molecule has 0 bridgehead atoms. The first-order valence-corrected chi connectivity index (χ1v) is 3.15. The summed E-state index contributed by atoms with van der Waals surface area (Å²) in [7, 11) is 0. The van der Waals surface area contributed by atoms with Crippen molar-refractivity contribution in [2.75, 3.05) is 6.61 Å². The molecule has 0 fully saturated rings. The summed E-state index contributed by atoms with van der Waals surface area (Å²) in [4.78, 5) is 0. The number of hydrogen-bond acceptors (Lipinski definition) is 2. The van der Waals surface area contributed by atoms with Gasteiger partial charge in [0.25, 0.3) is 0 Å². The van der Waals surface area contributed by atoms with Crippen LogP contribution in [0.25, 0.3) is 0 Å². The van der Waals surface area contributed by atoms with Gasteiger partial charge in [0.15, 0.2) is 0 Å². The lowest BCUT2D eigenvalue weighted by Gasteiger charge is -2.12. The molecule has 3 heteroatoms. The molecule has 0 aromatic carbocycles. The summed E-state index contributed by atoms with van der Waals surface area (Å²) in [5.41, 5.74) is 0.667. The minimum Gasteiger partial charge on any atom is -0.394 e. The van der Waals surface area contributed by atoms with E-state index in [2.05, 4.69) is 6.58 Å². The van der Waals surface area contributed by atoms with Gasteiger partial charge in [-0.15, -0.1) is 6.58 Å². The van der Waals surface area contributed by atoms with Crippen LogP contribution >= 0.6 is 0 Å². The van der Waals surface area contributed by atoms with E-state index in [1.54, 1.807) is 6.92 Å². The van der Waals surface area contributed by atoms with E-state index in [0.717, 1.165) is 0 Å². The Morgan fingerprint density at radius 3 is 2.50 bits per heavy atom. The summed E-state index contributed by atoms with van der Waals surface area (Å²) in [5, 5.41) is 17.0. The quantitative estimate of drug-likeness (QED) is 0.574. The zero-order valence-electron chi connectivity index (χ0n) is 6.05. The predicted molar refractivity (Wildman–Crippen MR) is 37.4 cm³/mol. The zero-order chi connectivity index (χ0) is 8.15. The Morgan fingerprint density at radius 1 is 1.70 bits per heavy atom. The molecule has 0 spiro atoms. The third-order valence-corrected chi connectivity index (χ3v) is 1.15. The highest BCUT2D eigenvalue weighted by molar-refractivity contribution is 4.92. The van der Waals surface area contributed by atoms with Crippen molar-refractivity contribution in [1.29, 1.82) is 0 Å². The molecule has 0 amide bonds. The van der Waals surface area contributed by atoms with E-state index in [0.29, 0.717) is 5.57 Å². The maximum absolute atomic E-state index is 12.6. The first-order valence-electron chi connectivity index (χ1n) is 3.15. The lowest BCUT2D eigenvalue weighted by Crippen LogP contribution is -2.25. The Kier molecular flexibility index (Phi) is 4.23. The molecular weight excluding hydrogens is 135 g/mol. The molecule has 0 aromatic rings. The summed E-state index contributed by atoms with van der Waals surface area (Å²) in [5.74, 6) is 0. The lowest BCUT2D eigenvalue weighted by molar-refractivity contribution is 0.0289. The highest BCUT2D eigenvalue weighted by atomic mass is 19.1. The second-order valence-corrected chi connectivity index (χ2v) is 2.43. The molecule has 60 valence electrons. The largest absolute Gasteiger partial charge is 0.394 e. The van der Waals surface area contributed by atoms with Gasteiger partial charge in [0.1, 0.15) is 12.3 Å². The molecule has 0 saturated carbocycles. The van der Waals surface area contributed by atoms with Crippen LogP contribution in [0.5, 0.6) is 0 Å². The number of aliphatic hydroxyl groups is 2. The second kappa shape index (κ2) is 4.41. The van der Waals surface area contributed by atoms with Crippen LogP contribution in [0, 0.1) is 0 Å². The van der Waals surface area contributed by atoms with Gasteiger partial charge in [-0.3, -0.25) is 0 Å². The van der Waals surface area contributed by atoms with Crippen molar-refractivity contribution in [3.63, 3.8) is 0 Å². The molecule has 0 aliphatic carbocycles. The van der Waals surface area contributed by atoms with Crippen molar-refractivity contribution in [1.82, 2.24) is 0 Å². The minimum atomic E-state index is -1.39. The van der Waals surface area contributed by atoms with Crippen molar-refractivity contribution in [2.24, 2.45) is 0 Å². The summed E-state index contributed by atoms with van der Waals surface area (Å²) < 4.78 is 12.6. The number of alkyl halides is 1. The van der Waals surface area contributed by atoms with Crippen molar-refractivity contribution in [2.45, 2.75) is 25.6 Å². The van der Waals surface area contributed by atoms with Gasteiger partial charge >= 0.3 is 0 Å². The standard InChI is InChI=1S/C7H13FO2/c1-5(2)3-6(8)7(10)4-9/h6-7,9-10H,1,3-4H2,2H3/t6-,7+/m0/s1. The van der Waals surface area contributed by atoms with Gasteiger partial charge in [-0.05, 0) is 6.92 Å². The van der Waals surface area contributed by atoms with E-state index in [1.165, 1.54) is 0 Å². The fraction of sp³-hybridized carbons (Fsp3) is 0.714. The van der Waals surface area contributed by atoms with Crippen LogP contribution in [0.1, 0.15) is 13.3 Å². The number of allylic oxidation sites excluding steroid dienone is 1. The molecule has 2 N–H and O–H groups in total. The predicted octanol–water partition coefficient (Wildman–Crippen LogP) is 0.644. The fourth-order valence-corrected chi connectivity index (χ4v) is 0.583. The van der Waals surface area contributed by atoms with E-state index in [-0.39, 0.29) is 6.42 Å². The van der Waals surface area contributed by atoms with E-state index in [4.69, 9.17) is 10.2 Å². The maximum Gasteiger partial charge on any atom is 0.132 e. The van der Waals surface area contributed by atoms with E-state index < -0.39 is 18.9 Å². The Balaban J connectivity index is 3.61. The number of rotatable bonds is 4. The van der Waals surface area contributed by atoms with Gasteiger partial charge in [-0.2, -0.15) is 0 Å². The Labute approximate surface area is 60.0 Å². The Hall–Kier alpha value is -0.410. The SMILES string of the molecule is C=C(C)C[C@H](F)[C@H](O)CO. The average molecular weight is 148 g/mol. The van der Waals surface area contributed by atoms with Crippen LogP contribution in [-0.2, 0) is 0 Å². The fourth-order valence-electron chi connectivity index (χ4n) is 0.583. The van der Waals surface area contributed by atoms with Gasteiger partial charge in [0, 0.05) is 6.42 Å². The second-order valence-electron chi connectivity index (χ2n) is 2.43. The van der Waals surface area contributed by atoms with Crippen LogP contribution in [0.4, 0.5) is 4.39 Å². The highest BCUT2D eigenvalue weighted by Gasteiger charge is 2.16. The molecule has 0 aliphatic heterocycles. The summed E-state index contributed by atoms with van der Waals surface area (Å²) in [6.07, 6.45) is -2.54. The molecule has 0 heterocycles. The van der Waals surface area contributed by atoms with Crippen LogP contribution in [0.2, 0.25) is 0 Å². The Morgan fingerprint density at radius 2 is 2.20 bits per heavy atom. The minimum absolute atomic E-state index is 0.113. The Bertz CT molecular complexity index is 114. The van der Waals surface area contributed by atoms with Crippen molar-refractivity contribution < 1.29 is 14.6 Å². The van der Waals surface area contributed by atoms with Gasteiger partial charge < -0.3 is 10.2 Å². The first kappa shape index (κ1) is 9.59. The summed E-state index contributed by atoms with van der Waals surface area (Å²) >= 11 is 0. The van der Waals surface area contributed by atoms with Crippen LogP contribution in [0.3, 0.4) is 0 Å². The van der Waals surface area contributed by atoms with Crippen molar-refractivity contribution in [3.8, 4) is 0 Å². The van der Waals surface area contributed by atoms with Crippen LogP contribution < -0.4 is 0 Å². The molecular formula is C7H13FO2. The lowest BCUT2D eigenvalue weighted by atomic mass is 10.1. The first-order chi connectivity index (χ1) is 4.57. The third-order valence-electron chi connectivity index (χ3n) is 1.15. The number of hydrogen-bond donors (Lipinski definition) is 2. The molecule has 0 saturated heterocycles. The van der Waals surface area contributed by atoms with E-state index in [1.807, 2.05) is 0 Å². The number of aliphatic hydroxyl groups excluding tert-OH is 2. The molecule has 0 aliphatic rings. The maximum atomic E-state index is 12.6. The molecule has 0 aromatic heterocycles. The van der Waals surface area contributed by atoms with Crippen molar-refractivity contribution >= 4 is 0 Å². The van der Waals surface area contributed by atoms with Crippen LogP contribution in [-0.4, -0.2) is 29.1 Å². The summed E-state index contributed by atoms with van der Waals surface area (Å²) in [6.45, 7) is 4.62. The van der Waals surface area contributed by atoms with E-state index >= 15 is 0 Å². The topological polar surface area (TPSA) is 40.5 Å². The monoisotopic (exact) mass is 148 g/mol. The summed E-state index contributed by atoms with van der Waals surface area (Å²) in [6, 6.07) is 0. The van der Waals surface area contributed by atoms with Gasteiger partial charge in [0.05, 0.1) is 6.61 Å². The average Bonchev–Trinajstić information content (AvgIpc) is 1.85. The normalized spacial score (nSPS) is 16.4. The van der Waals surface area contributed by atoms with Crippen molar-refractivity contribution in [3.05, 3.63) is 12.2 Å². The molecule has 0 rings (SSSR count). The smallest absolute Gasteiger partial charge is 0.132 e. The zero-order valence-corrected chi connectivity index (χ0v) is 6.05. The highest BCUT2D eigenvalue weighted by Crippen LogP contribution is 2.09. The van der Waals surface area contributed by atoms with Gasteiger partial charge in [-0.1, -0.05) is 5.57 Å². The molecule has 2 atom stereocenters. The molecule has 10 heavy (non-hydrogen) atoms. The van der Waals surface area contributed by atoms with E-state index in [9.17, 15) is 4.39 Å².